The van der Waals surface area contributed by atoms with Gasteiger partial charge in [0.25, 0.3) is 0 Å². The Labute approximate surface area is 501 Å². The van der Waals surface area contributed by atoms with Crippen molar-refractivity contribution in [3.05, 3.63) is 109 Å². The Morgan fingerprint density at radius 1 is 0.259 bits per heavy atom. The van der Waals surface area contributed by atoms with Crippen LogP contribution in [0.15, 0.2) is 109 Å². The molecule has 6 nitrogen and oxygen atoms in total. The van der Waals surface area contributed by atoms with E-state index in [1.807, 2.05) is 0 Å². The van der Waals surface area contributed by atoms with Gasteiger partial charge in [0.15, 0.2) is 6.10 Å². The molecular weight excluding hydrogens is 997 g/mol. The molecule has 0 aromatic carbocycles. The Morgan fingerprint density at radius 2 is 0.481 bits per heavy atom. The van der Waals surface area contributed by atoms with Crippen LogP contribution in [0, 0.1) is 0 Å². The molecule has 0 heterocycles. The molecule has 0 bridgehead atoms. The minimum Gasteiger partial charge on any atom is -0.462 e. The summed E-state index contributed by atoms with van der Waals surface area (Å²) in [5.74, 6) is -0.895. The van der Waals surface area contributed by atoms with Crippen LogP contribution in [0.5, 0.6) is 0 Å². The highest BCUT2D eigenvalue weighted by Gasteiger charge is 2.19. The summed E-state index contributed by atoms with van der Waals surface area (Å²) in [4.78, 5) is 38.4. The van der Waals surface area contributed by atoms with Gasteiger partial charge in [0.05, 0.1) is 0 Å². The van der Waals surface area contributed by atoms with E-state index in [1.54, 1.807) is 0 Å². The molecule has 0 saturated heterocycles. The molecule has 1 atom stereocenters. The average Bonchev–Trinajstić information content (AvgIpc) is 3.47. The fourth-order valence-electron chi connectivity index (χ4n) is 9.66. The first-order chi connectivity index (χ1) is 40.0. The third-order valence-electron chi connectivity index (χ3n) is 14.7. The fourth-order valence-corrected chi connectivity index (χ4v) is 9.66. The van der Waals surface area contributed by atoms with Crippen molar-refractivity contribution in [2.75, 3.05) is 13.2 Å². The lowest BCUT2D eigenvalue weighted by atomic mass is 10.0. The van der Waals surface area contributed by atoms with Gasteiger partial charge in [-0.05, 0) is 122 Å². The van der Waals surface area contributed by atoms with E-state index in [0.717, 1.165) is 128 Å². The topological polar surface area (TPSA) is 78.9 Å². The van der Waals surface area contributed by atoms with Crippen LogP contribution < -0.4 is 0 Å². The summed E-state index contributed by atoms with van der Waals surface area (Å²) in [6, 6.07) is 0. The molecule has 0 aliphatic rings. The molecule has 0 fully saturated rings. The third-order valence-corrected chi connectivity index (χ3v) is 14.7. The van der Waals surface area contributed by atoms with E-state index in [0.29, 0.717) is 19.3 Å². The quantitative estimate of drug-likeness (QED) is 0.0261. The van der Waals surface area contributed by atoms with Crippen molar-refractivity contribution in [3.63, 3.8) is 0 Å². The molecule has 464 valence electrons. The Bertz CT molecular complexity index is 1620. The van der Waals surface area contributed by atoms with E-state index in [1.165, 1.54) is 161 Å². The number of hydrogen-bond donors (Lipinski definition) is 0. The first kappa shape index (κ1) is 77.1. The molecule has 81 heavy (non-hydrogen) atoms. The predicted octanol–water partition coefficient (Wildman–Crippen LogP) is 23.8. The van der Waals surface area contributed by atoms with Crippen LogP contribution in [0.25, 0.3) is 0 Å². The van der Waals surface area contributed by atoms with E-state index in [9.17, 15) is 14.4 Å². The second kappa shape index (κ2) is 68.6. The summed E-state index contributed by atoms with van der Waals surface area (Å²) in [6.45, 7) is 6.42. The molecule has 0 saturated carbocycles. The molecule has 6 heteroatoms. The van der Waals surface area contributed by atoms with Crippen LogP contribution in [-0.4, -0.2) is 37.2 Å². The average molecular weight is 1130 g/mol. The van der Waals surface area contributed by atoms with Crippen LogP contribution >= 0.6 is 0 Å². The summed E-state index contributed by atoms with van der Waals surface area (Å²) < 4.78 is 17.0. The summed E-state index contributed by atoms with van der Waals surface area (Å²) in [5, 5.41) is 0. The molecule has 1 unspecified atom stereocenters. The van der Waals surface area contributed by atoms with Gasteiger partial charge in [-0.25, -0.2) is 0 Å². The first-order valence-electron chi connectivity index (χ1n) is 34.4. The van der Waals surface area contributed by atoms with Gasteiger partial charge in [0, 0.05) is 19.3 Å². The lowest BCUT2D eigenvalue weighted by molar-refractivity contribution is -0.167. The highest BCUT2D eigenvalue weighted by molar-refractivity contribution is 5.71. The van der Waals surface area contributed by atoms with Crippen molar-refractivity contribution in [1.82, 2.24) is 0 Å². The predicted molar refractivity (Wildman–Crippen MR) is 353 cm³/mol. The van der Waals surface area contributed by atoms with Crippen molar-refractivity contribution < 1.29 is 28.6 Å². The van der Waals surface area contributed by atoms with Crippen molar-refractivity contribution in [1.29, 1.82) is 0 Å². The Morgan fingerprint density at radius 3 is 0.753 bits per heavy atom. The maximum absolute atomic E-state index is 13.0. The number of unbranched alkanes of at least 4 members (excludes halogenated alkanes) is 33. The minimum absolute atomic E-state index is 0.0848. The second-order valence-corrected chi connectivity index (χ2v) is 22.7. The van der Waals surface area contributed by atoms with Gasteiger partial charge in [-0.1, -0.05) is 297 Å². The van der Waals surface area contributed by atoms with Crippen LogP contribution in [0.2, 0.25) is 0 Å². The zero-order chi connectivity index (χ0) is 58.5. The maximum atomic E-state index is 13.0. The third kappa shape index (κ3) is 66.8. The molecular formula is C75H128O6. The van der Waals surface area contributed by atoms with Gasteiger partial charge < -0.3 is 14.2 Å². The smallest absolute Gasteiger partial charge is 0.306 e. The molecule has 0 radical (unpaired) electrons. The van der Waals surface area contributed by atoms with Crippen LogP contribution in [0.1, 0.15) is 329 Å². The molecule has 0 aromatic rings. The standard InChI is InChI=1S/C75H128O6/c1-4-7-10-13-16-19-22-25-28-30-32-34-35-36-37-38-39-41-42-44-47-50-53-56-59-62-65-68-74(77)80-71-72(70-79-73(76)67-64-61-58-55-52-49-46-27-24-21-18-15-12-9-6-3)81-75(78)69-66-63-60-57-54-51-48-45-43-40-33-31-29-26-23-20-17-14-11-8-5-2/h7,9-10,12,16,18-19,21,23,25-28,31-34,46,72H,4-6,8,11,13-15,17,20,22,24,29-30,35-45,47-71H2,1-3H3/b10-7-,12-9-,19-16-,21-18-,26-23-,28-25-,33-31-,34-32-,46-27-. The van der Waals surface area contributed by atoms with Crippen LogP contribution in [-0.2, 0) is 28.6 Å². The Hall–Kier alpha value is -3.93. The van der Waals surface area contributed by atoms with Gasteiger partial charge in [-0.2, -0.15) is 0 Å². The van der Waals surface area contributed by atoms with Gasteiger partial charge in [0.2, 0.25) is 0 Å². The van der Waals surface area contributed by atoms with E-state index in [4.69, 9.17) is 14.2 Å². The van der Waals surface area contributed by atoms with Gasteiger partial charge in [-0.3, -0.25) is 14.4 Å². The highest BCUT2D eigenvalue weighted by atomic mass is 16.6. The van der Waals surface area contributed by atoms with E-state index in [2.05, 4.69) is 130 Å². The molecule has 0 aliphatic heterocycles. The second-order valence-electron chi connectivity index (χ2n) is 22.7. The van der Waals surface area contributed by atoms with Crippen molar-refractivity contribution >= 4 is 17.9 Å². The van der Waals surface area contributed by atoms with Gasteiger partial charge in [-0.15, -0.1) is 0 Å². The largest absolute Gasteiger partial charge is 0.462 e. The molecule has 0 N–H and O–H groups in total. The minimum atomic E-state index is -0.791. The number of ether oxygens (including phenoxy) is 3. The van der Waals surface area contributed by atoms with Crippen molar-refractivity contribution in [3.8, 4) is 0 Å². The lowest BCUT2D eigenvalue weighted by Gasteiger charge is -2.18. The SMILES string of the molecule is CC/C=C\C/C=C\C/C=C\C/C=C\CCCCCCCCCCCCCCCCC(=O)OCC(COC(=O)CCCCCCC/C=C\C/C=C\C/C=C\CC)OC(=O)CCCCCCCCCCC/C=C\C/C=C\CCCCCCC. The number of esters is 3. The van der Waals surface area contributed by atoms with Crippen molar-refractivity contribution in [2.24, 2.45) is 0 Å². The Kier molecular flexibility index (Phi) is 65.2. The zero-order valence-electron chi connectivity index (χ0n) is 53.3. The maximum Gasteiger partial charge on any atom is 0.306 e. The zero-order valence-corrected chi connectivity index (χ0v) is 53.3. The summed E-state index contributed by atoms with van der Waals surface area (Å²) >= 11 is 0. The molecule has 0 rings (SSSR count). The van der Waals surface area contributed by atoms with Gasteiger partial charge in [0.1, 0.15) is 13.2 Å². The molecule has 0 spiro atoms. The van der Waals surface area contributed by atoms with Crippen LogP contribution in [0.3, 0.4) is 0 Å². The molecule has 0 aromatic heterocycles. The van der Waals surface area contributed by atoms with E-state index in [-0.39, 0.29) is 31.1 Å². The normalized spacial score (nSPS) is 12.8. The Balaban J connectivity index is 4.33. The number of carbonyl (C=O) groups is 3. The lowest BCUT2D eigenvalue weighted by Crippen LogP contribution is -2.30. The van der Waals surface area contributed by atoms with Gasteiger partial charge >= 0.3 is 17.9 Å². The first-order valence-corrected chi connectivity index (χ1v) is 34.4. The number of allylic oxidation sites excluding steroid dienone is 18. The number of carbonyl (C=O) groups excluding carboxylic acids is 3. The van der Waals surface area contributed by atoms with E-state index < -0.39 is 6.10 Å². The summed E-state index contributed by atoms with van der Waals surface area (Å²) in [7, 11) is 0. The summed E-state index contributed by atoms with van der Waals surface area (Å²) in [5.41, 5.74) is 0. The summed E-state index contributed by atoms with van der Waals surface area (Å²) in [6.07, 6.45) is 93.9. The number of hydrogen-bond acceptors (Lipinski definition) is 6. The monoisotopic (exact) mass is 1120 g/mol. The highest BCUT2D eigenvalue weighted by Crippen LogP contribution is 2.17. The molecule has 0 aliphatic carbocycles. The molecule has 0 amide bonds. The van der Waals surface area contributed by atoms with Crippen LogP contribution in [0.4, 0.5) is 0 Å². The fraction of sp³-hybridized carbons (Fsp3) is 0.720. The van der Waals surface area contributed by atoms with Crippen molar-refractivity contribution in [2.45, 2.75) is 335 Å². The van der Waals surface area contributed by atoms with E-state index >= 15 is 0 Å². The number of rotatable bonds is 62.